The van der Waals surface area contributed by atoms with E-state index in [-0.39, 0.29) is 39.4 Å². The Kier molecular flexibility index (Phi) is 9.39. The third-order valence-corrected chi connectivity index (χ3v) is 7.00. The van der Waals surface area contributed by atoms with E-state index in [1.807, 2.05) is 13.8 Å². The fraction of sp³-hybridized carbons (Fsp3) is 0.435. The highest BCUT2D eigenvalue weighted by atomic mass is 32.2. The largest absolute Gasteiger partial charge is 0.490 e. The van der Waals surface area contributed by atoms with Gasteiger partial charge in [-0.05, 0) is 51.0 Å². The highest BCUT2D eigenvalue weighted by Crippen LogP contribution is 2.38. The molecule has 0 spiro atoms. The zero-order chi connectivity index (χ0) is 25.5. The lowest BCUT2D eigenvalue weighted by atomic mass is 10.2. The van der Waals surface area contributed by atoms with E-state index in [0.29, 0.717) is 26.1 Å². The van der Waals surface area contributed by atoms with Crippen LogP contribution in [0.2, 0.25) is 0 Å². The van der Waals surface area contributed by atoms with Crippen LogP contribution in [0.4, 0.5) is 11.4 Å². The molecule has 2 aromatic carbocycles. The Balaban J connectivity index is 2.36. The molecule has 0 aliphatic heterocycles. The van der Waals surface area contributed by atoms with Gasteiger partial charge in [-0.15, -0.1) is 0 Å². The summed E-state index contributed by atoms with van der Waals surface area (Å²) < 4.78 is 37.7. The molecule has 10 nitrogen and oxygen atoms in total. The Morgan fingerprint density at radius 3 is 2.06 bits per heavy atom. The molecule has 2 rings (SSSR count). The van der Waals surface area contributed by atoms with Crippen LogP contribution in [0.15, 0.2) is 41.3 Å². The summed E-state index contributed by atoms with van der Waals surface area (Å²) in [7, 11) is -2.22. The molecule has 0 aliphatic carbocycles. The number of carbonyl (C=O) groups excluding carboxylic acids is 1. The number of hydrogen-bond donors (Lipinski definition) is 1. The molecule has 0 fully saturated rings. The zero-order valence-electron chi connectivity index (χ0n) is 20.0. The van der Waals surface area contributed by atoms with Crippen molar-refractivity contribution in [2.75, 3.05) is 25.6 Å². The van der Waals surface area contributed by atoms with E-state index in [1.54, 1.807) is 13.8 Å². The van der Waals surface area contributed by atoms with Crippen LogP contribution in [0, 0.1) is 10.1 Å². The van der Waals surface area contributed by atoms with E-state index < -0.39 is 20.9 Å². The van der Waals surface area contributed by atoms with E-state index in [9.17, 15) is 23.3 Å². The van der Waals surface area contributed by atoms with Gasteiger partial charge in [0.1, 0.15) is 5.69 Å². The molecular formula is C23H31N3O7S. The second-order valence-electron chi connectivity index (χ2n) is 7.86. The van der Waals surface area contributed by atoms with Crippen molar-refractivity contribution in [3.8, 4) is 11.5 Å². The second-order valence-corrected chi connectivity index (χ2v) is 9.86. The van der Waals surface area contributed by atoms with Gasteiger partial charge >= 0.3 is 0 Å². The average Bonchev–Trinajstić information content (AvgIpc) is 2.81. The Morgan fingerprint density at radius 2 is 1.59 bits per heavy atom. The SMILES string of the molecule is CCCOc1cc(NC(=O)c2ccc(S(=O)(=O)N(C)C(C)C)cc2)c([N+](=O)[O-])cc1OCCC. The molecule has 186 valence electrons. The molecule has 34 heavy (non-hydrogen) atoms. The van der Waals surface area contributed by atoms with Gasteiger partial charge in [-0.25, -0.2) is 8.42 Å². The number of nitrogens with one attached hydrogen (secondary N) is 1. The number of sulfonamides is 1. The van der Waals surface area contributed by atoms with Crippen molar-refractivity contribution in [3.63, 3.8) is 0 Å². The molecule has 0 bridgehead atoms. The maximum absolute atomic E-state index is 12.8. The van der Waals surface area contributed by atoms with Crippen molar-refractivity contribution < 1.29 is 27.6 Å². The smallest absolute Gasteiger partial charge is 0.296 e. The third-order valence-electron chi connectivity index (χ3n) is 4.95. The van der Waals surface area contributed by atoms with Crippen molar-refractivity contribution in [1.82, 2.24) is 4.31 Å². The van der Waals surface area contributed by atoms with E-state index in [2.05, 4.69) is 5.32 Å². The van der Waals surface area contributed by atoms with Crippen LogP contribution in [0.1, 0.15) is 50.9 Å². The molecule has 0 atom stereocenters. The Labute approximate surface area is 200 Å². The van der Waals surface area contributed by atoms with Gasteiger partial charge in [0.05, 0.1) is 29.1 Å². The molecule has 0 radical (unpaired) electrons. The number of rotatable bonds is 12. The maximum Gasteiger partial charge on any atom is 0.296 e. The van der Waals surface area contributed by atoms with Gasteiger partial charge in [-0.3, -0.25) is 14.9 Å². The van der Waals surface area contributed by atoms with Crippen LogP contribution in [0.5, 0.6) is 11.5 Å². The first-order valence-corrected chi connectivity index (χ1v) is 12.4. The normalized spacial score (nSPS) is 11.5. The molecule has 11 heteroatoms. The molecule has 2 aromatic rings. The number of anilines is 1. The van der Waals surface area contributed by atoms with Crippen molar-refractivity contribution in [2.45, 2.75) is 51.5 Å². The predicted molar refractivity (Wildman–Crippen MR) is 129 cm³/mol. The lowest BCUT2D eigenvalue weighted by Crippen LogP contribution is -2.33. The summed E-state index contributed by atoms with van der Waals surface area (Å²) in [6.07, 6.45) is 1.42. The Morgan fingerprint density at radius 1 is 1.06 bits per heavy atom. The van der Waals surface area contributed by atoms with Gasteiger partial charge in [0.2, 0.25) is 10.0 Å². The number of amides is 1. The summed E-state index contributed by atoms with van der Waals surface area (Å²) in [6.45, 7) is 8.06. The first kappa shape index (κ1) is 27.1. The lowest BCUT2D eigenvalue weighted by Gasteiger charge is -2.21. The van der Waals surface area contributed by atoms with Gasteiger partial charge in [-0.2, -0.15) is 4.31 Å². The molecule has 1 N–H and O–H groups in total. The number of benzene rings is 2. The number of nitro groups is 1. The first-order valence-electron chi connectivity index (χ1n) is 11.0. The van der Waals surface area contributed by atoms with Crippen LogP contribution in [-0.4, -0.2) is 49.9 Å². The van der Waals surface area contributed by atoms with E-state index in [4.69, 9.17) is 9.47 Å². The third kappa shape index (κ3) is 6.45. The first-order chi connectivity index (χ1) is 16.0. The average molecular weight is 494 g/mol. The topological polar surface area (TPSA) is 128 Å². The minimum Gasteiger partial charge on any atom is -0.490 e. The van der Waals surface area contributed by atoms with Crippen LogP contribution in [-0.2, 0) is 10.0 Å². The number of hydrogen-bond acceptors (Lipinski definition) is 7. The van der Waals surface area contributed by atoms with Crippen molar-refractivity contribution in [2.24, 2.45) is 0 Å². The summed E-state index contributed by atoms with van der Waals surface area (Å²) >= 11 is 0. The minimum absolute atomic E-state index is 0.0407. The summed E-state index contributed by atoms with van der Waals surface area (Å²) in [5.41, 5.74) is -0.259. The highest BCUT2D eigenvalue weighted by molar-refractivity contribution is 7.89. The summed E-state index contributed by atoms with van der Waals surface area (Å²) in [5, 5.41) is 14.2. The molecular weight excluding hydrogens is 462 g/mol. The van der Waals surface area contributed by atoms with Gasteiger partial charge in [0, 0.05) is 24.7 Å². The van der Waals surface area contributed by atoms with Gasteiger partial charge in [0.15, 0.2) is 11.5 Å². The van der Waals surface area contributed by atoms with Gasteiger partial charge in [0.25, 0.3) is 11.6 Å². The molecule has 1 amide bonds. The quantitative estimate of drug-likeness (QED) is 0.342. The van der Waals surface area contributed by atoms with Gasteiger partial charge < -0.3 is 14.8 Å². The number of ether oxygens (including phenoxy) is 2. The van der Waals surface area contributed by atoms with Crippen LogP contribution >= 0.6 is 0 Å². The number of nitro benzene ring substituents is 1. The number of nitrogens with zero attached hydrogens (tertiary/aromatic N) is 2. The fourth-order valence-electron chi connectivity index (χ4n) is 2.87. The van der Waals surface area contributed by atoms with E-state index in [1.165, 1.54) is 47.8 Å². The fourth-order valence-corrected chi connectivity index (χ4v) is 4.23. The minimum atomic E-state index is -3.70. The van der Waals surface area contributed by atoms with Crippen molar-refractivity contribution in [3.05, 3.63) is 52.1 Å². The molecule has 0 saturated carbocycles. The van der Waals surface area contributed by atoms with E-state index >= 15 is 0 Å². The summed E-state index contributed by atoms with van der Waals surface area (Å²) in [6, 6.07) is 7.73. The molecule has 0 unspecified atom stereocenters. The van der Waals surface area contributed by atoms with E-state index in [0.717, 1.165) is 0 Å². The molecule has 0 saturated heterocycles. The molecule has 0 aromatic heterocycles. The predicted octanol–water partition coefficient (Wildman–Crippen LogP) is 4.45. The van der Waals surface area contributed by atoms with Crippen LogP contribution in [0.3, 0.4) is 0 Å². The standard InChI is InChI=1S/C23H31N3O7S/c1-6-12-32-21-14-19(20(26(28)29)15-22(21)33-13-7-2)24-23(27)17-8-10-18(11-9-17)34(30,31)25(5)16(3)4/h8-11,14-16H,6-7,12-13H2,1-5H3,(H,24,27). The van der Waals surface area contributed by atoms with Crippen LogP contribution < -0.4 is 14.8 Å². The highest BCUT2D eigenvalue weighted by Gasteiger charge is 2.25. The second kappa shape index (κ2) is 11.8. The molecule has 0 aliphatic rings. The summed E-state index contributed by atoms with van der Waals surface area (Å²) in [4.78, 5) is 23.9. The van der Waals surface area contributed by atoms with Crippen molar-refractivity contribution >= 4 is 27.3 Å². The monoisotopic (exact) mass is 493 g/mol. The van der Waals surface area contributed by atoms with Gasteiger partial charge in [-0.1, -0.05) is 13.8 Å². The Hall–Kier alpha value is -3.18. The van der Waals surface area contributed by atoms with Crippen molar-refractivity contribution in [1.29, 1.82) is 0 Å². The maximum atomic E-state index is 12.8. The zero-order valence-corrected chi connectivity index (χ0v) is 20.8. The lowest BCUT2D eigenvalue weighted by molar-refractivity contribution is -0.384. The Bertz CT molecular complexity index is 1120. The number of carbonyl (C=O) groups is 1. The van der Waals surface area contributed by atoms with Crippen LogP contribution in [0.25, 0.3) is 0 Å². The summed E-state index contributed by atoms with van der Waals surface area (Å²) in [5.74, 6) is -0.119. The molecule has 0 heterocycles.